The van der Waals surface area contributed by atoms with Crippen LogP contribution in [0.1, 0.15) is 33.4 Å². The standard InChI is InChI=1S/C24H24Cl2O2/c1-27-23-13-21(11-17-7-3-5-9-19(17)15-25)22(14-24(23)28-2)12-18-8-4-6-10-20(18)16-26/h3-10,13-14H,11-12,15-16H2,1-2H3. The Morgan fingerprint density at radius 2 is 0.929 bits per heavy atom. The summed E-state index contributed by atoms with van der Waals surface area (Å²) in [5, 5.41) is 0. The van der Waals surface area contributed by atoms with Gasteiger partial charge in [-0.15, -0.1) is 23.2 Å². The van der Waals surface area contributed by atoms with Crippen LogP contribution in [0.15, 0.2) is 60.7 Å². The number of ether oxygens (including phenoxy) is 2. The Bertz CT molecular complexity index is 861. The van der Waals surface area contributed by atoms with Crippen LogP contribution in [0.2, 0.25) is 0 Å². The summed E-state index contributed by atoms with van der Waals surface area (Å²) < 4.78 is 11.1. The van der Waals surface area contributed by atoms with Crippen molar-refractivity contribution in [1.82, 2.24) is 0 Å². The molecule has 0 saturated heterocycles. The first kappa shape index (κ1) is 20.6. The second-order valence-corrected chi connectivity index (χ2v) is 7.17. The van der Waals surface area contributed by atoms with Crippen molar-refractivity contribution in [3.05, 3.63) is 94.0 Å². The lowest BCUT2D eigenvalue weighted by molar-refractivity contribution is 0.354. The number of rotatable bonds is 8. The lowest BCUT2D eigenvalue weighted by Gasteiger charge is -2.17. The zero-order valence-electron chi connectivity index (χ0n) is 16.2. The van der Waals surface area contributed by atoms with E-state index in [0.717, 1.165) is 35.5 Å². The third-order valence-corrected chi connectivity index (χ3v) is 5.57. The van der Waals surface area contributed by atoms with Gasteiger partial charge in [-0.05, 0) is 58.4 Å². The first-order valence-electron chi connectivity index (χ1n) is 9.19. The van der Waals surface area contributed by atoms with Crippen molar-refractivity contribution in [2.45, 2.75) is 24.6 Å². The number of methoxy groups -OCH3 is 2. The highest BCUT2D eigenvalue weighted by atomic mass is 35.5. The van der Waals surface area contributed by atoms with E-state index in [1.165, 1.54) is 22.3 Å². The van der Waals surface area contributed by atoms with Crippen molar-refractivity contribution < 1.29 is 9.47 Å². The van der Waals surface area contributed by atoms with Gasteiger partial charge in [0.1, 0.15) is 0 Å². The van der Waals surface area contributed by atoms with E-state index in [2.05, 4.69) is 48.5 Å². The summed E-state index contributed by atoms with van der Waals surface area (Å²) in [5.74, 6) is 2.45. The molecule has 0 aliphatic carbocycles. The molecule has 0 saturated carbocycles. The summed E-state index contributed by atoms with van der Waals surface area (Å²) in [6.45, 7) is 0. The van der Waals surface area contributed by atoms with Crippen LogP contribution < -0.4 is 9.47 Å². The monoisotopic (exact) mass is 414 g/mol. The van der Waals surface area contributed by atoms with Gasteiger partial charge in [-0.3, -0.25) is 0 Å². The smallest absolute Gasteiger partial charge is 0.161 e. The molecule has 0 aliphatic rings. The van der Waals surface area contributed by atoms with Gasteiger partial charge in [-0.2, -0.15) is 0 Å². The van der Waals surface area contributed by atoms with Gasteiger partial charge in [0.25, 0.3) is 0 Å². The summed E-state index contributed by atoms with van der Waals surface area (Å²) >= 11 is 12.3. The second-order valence-electron chi connectivity index (χ2n) is 6.63. The Kier molecular flexibility index (Phi) is 7.24. The predicted molar refractivity (Wildman–Crippen MR) is 117 cm³/mol. The van der Waals surface area contributed by atoms with Gasteiger partial charge in [0.15, 0.2) is 11.5 Å². The fourth-order valence-electron chi connectivity index (χ4n) is 3.42. The maximum absolute atomic E-state index is 6.15. The Morgan fingerprint density at radius 1 is 0.571 bits per heavy atom. The Labute approximate surface area is 177 Å². The Balaban J connectivity index is 2.06. The van der Waals surface area contributed by atoms with E-state index in [9.17, 15) is 0 Å². The molecule has 3 aromatic carbocycles. The van der Waals surface area contributed by atoms with Gasteiger partial charge < -0.3 is 9.47 Å². The molecule has 0 amide bonds. The molecule has 3 rings (SSSR count). The summed E-state index contributed by atoms with van der Waals surface area (Å²) in [4.78, 5) is 0. The van der Waals surface area contributed by atoms with Crippen LogP contribution in [0, 0.1) is 0 Å². The molecule has 4 heteroatoms. The SMILES string of the molecule is COc1cc(Cc2ccccc2CCl)c(Cc2ccccc2CCl)cc1OC. The van der Waals surface area contributed by atoms with Crippen LogP contribution in [0.3, 0.4) is 0 Å². The third kappa shape index (κ3) is 4.63. The molecular weight excluding hydrogens is 391 g/mol. The highest BCUT2D eigenvalue weighted by Crippen LogP contribution is 2.34. The van der Waals surface area contributed by atoms with Gasteiger partial charge in [0, 0.05) is 11.8 Å². The van der Waals surface area contributed by atoms with E-state index in [1.54, 1.807) is 14.2 Å². The maximum Gasteiger partial charge on any atom is 0.161 e. The van der Waals surface area contributed by atoms with Gasteiger partial charge in [-0.25, -0.2) is 0 Å². The fourth-order valence-corrected chi connectivity index (χ4v) is 3.94. The van der Waals surface area contributed by atoms with Crippen LogP contribution in [0.4, 0.5) is 0 Å². The summed E-state index contributed by atoms with van der Waals surface area (Å²) in [5.41, 5.74) is 7.12. The first-order valence-corrected chi connectivity index (χ1v) is 10.3. The molecule has 0 radical (unpaired) electrons. The zero-order chi connectivity index (χ0) is 19.9. The lowest BCUT2D eigenvalue weighted by atomic mass is 9.92. The van der Waals surface area contributed by atoms with E-state index < -0.39 is 0 Å². The lowest BCUT2D eigenvalue weighted by Crippen LogP contribution is -2.03. The average Bonchev–Trinajstić information content (AvgIpc) is 2.75. The minimum Gasteiger partial charge on any atom is -0.493 e. The van der Waals surface area contributed by atoms with E-state index in [1.807, 2.05) is 12.1 Å². The van der Waals surface area contributed by atoms with Crippen LogP contribution in [0.5, 0.6) is 11.5 Å². The molecule has 28 heavy (non-hydrogen) atoms. The topological polar surface area (TPSA) is 18.5 Å². The molecule has 0 aliphatic heterocycles. The second kappa shape index (κ2) is 9.86. The summed E-state index contributed by atoms with van der Waals surface area (Å²) in [6, 6.07) is 20.7. The molecule has 0 atom stereocenters. The molecule has 2 nitrogen and oxygen atoms in total. The highest BCUT2D eigenvalue weighted by molar-refractivity contribution is 6.17. The molecule has 146 valence electrons. The number of alkyl halides is 2. The normalized spacial score (nSPS) is 10.7. The van der Waals surface area contributed by atoms with Crippen LogP contribution in [0.25, 0.3) is 0 Å². The van der Waals surface area contributed by atoms with E-state index >= 15 is 0 Å². The van der Waals surface area contributed by atoms with E-state index in [0.29, 0.717) is 11.8 Å². The molecule has 0 unspecified atom stereocenters. The third-order valence-electron chi connectivity index (χ3n) is 4.99. The fraction of sp³-hybridized carbons (Fsp3) is 0.250. The molecule has 0 spiro atoms. The van der Waals surface area contributed by atoms with Crippen LogP contribution >= 0.6 is 23.2 Å². The van der Waals surface area contributed by atoms with Crippen molar-refractivity contribution in [1.29, 1.82) is 0 Å². The number of halogens is 2. The first-order chi connectivity index (χ1) is 13.7. The molecule has 0 N–H and O–H groups in total. The molecule has 3 aromatic rings. The van der Waals surface area contributed by atoms with E-state index in [-0.39, 0.29) is 0 Å². The molecule has 0 heterocycles. The number of hydrogen-bond donors (Lipinski definition) is 0. The van der Waals surface area contributed by atoms with Crippen LogP contribution in [-0.4, -0.2) is 14.2 Å². The summed E-state index contributed by atoms with van der Waals surface area (Å²) in [7, 11) is 3.33. The van der Waals surface area contributed by atoms with Crippen molar-refractivity contribution in [3.63, 3.8) is 0 Å². The van der Waals surface area contributed by atoms with E-state index in [4.69, 9.17) is 32.7 Å². The van der Waals surface area contributed by atoms with Gasteiger partial charge in [0.05, 0.1) is 14.2 Å². The summed E-state index contributed by atoms with van der Waals surface area (Å²) in [6.07, 6.45) is 1.56. The van der Waals surface area contributed by atoms with Crippen molar-refractivity contribution >= 4 is 23.2 Å². The zero-order valence-corrected chi connectivity index (χ0v) is 17.7. The Hall–Kier alpha value is -2.16. The minimum atomic E-state index is 0.494. The highest BCUT2D eigenvalue weighted by Gasteiger charge is 2.14. The van der Waals surface area contributed by atoms with Crippen molar-refractivity contribution in [3.8, 4) is 11.5 Å². The molecule has 0 bridgehead atoms. The maximum atomic E-state index is 6.15. The Morgan fingerprint density at radius 3 is 1.25 bits per heavy atom. The van der Waals surface area contributed by atoms with Gasteiger partial charge in [0.2, 0.25) is 0 Å². The van der Waals surface area contributed by atoms with Crippen molar-refractivity contribution in [2.24, 2.45) is 0 Å². The largest absolute Gasteiger partial charge is 0.493 e. The molecule has 0 aromatic heterocycles. The van der Waals surface area contributed by atoms with Gasteiger partial charge >= 0.3 is 0 Å². The van der Waals surface area contributed by atoms with Gasteiger partial charge in [-0.1, -0.05) is 48.5 Å². The predicted octanol–water partition coefficient (Wildman–Crippen LogP) is 6.36. The molecular formula is C24H24Cl2O2. The number of benzene rings is 3. The van der Waals surface area contributed by atoms with Crippen molar-refractivity contribution in [2.75, 3.05) is 14.2 Å². The minimum absolute atomic E-state index is 0.494. The quantitative estimate of drug-likeness (QED) is 0.399. The average molecular weight is 415 g/mol. The number of hydrogen-bond acceptors (Lipinski definition) is 2. The van der Waals surface area contributed by atoms with Crippen LogP contribution in [-0.2, 0) is 24.6 Å². The molecule has 0 fully saturated rings.